The van der Waals surface area contributed by atoms with Gasteiger partial charge in [0.05, 0.1) is 6.04 Å². The molecular formula is C12H24N2O. The highest BCUT2D eigenvalue weighted by atomic mass is 16.2. The average molecular weight is 212 g/mol. The molecule has 0 radical (unpaired) electrons. The smallest absolute Gasteiger partial charge is 0.237 e. The molecule has 1 amide bonds. The number of nitrogens with one attached hydrogen (secondary N) is 1. The van der Waals surface area contributed by atoms with Crippen LogP contribution in [-0.2, 0) is 4.79 Å². The summed E-state index contributed by atoms with van der Waals surface area (Å²) in [6, 6.07) is -0.359. The van der Waals surface area contributed by atoms with Gasteiger partial charge in [0, 0.05) is 6.54 Å². The summed E-state index contributed by atoms with van der Waals surface area (Å²) in [4.78, 5) is 11.6. The minimum Gasteiger partial charge on any atom is -0.354 e. The van der Waals surface area contributed by atoms with E-state index in [1.165, 1.54) is 25.7 Å². The average Bonchev–Trinajstić information content (AvgIpc) is 2.94. The molecule has 88 valence electrons. The predicted molar refractivity (Wildman–Crippen MR) is 62.4 cm³/mol. The molecule has 0 spiro atoms. The molecule has 1 atom stereocenters. The van der Waals surface area contributed by atoms with E-state index in [2.05, 4.69) is 12.2 Å². The van der Waals surface area contributed by atoms with Crippen molar-refractivity contribution in [1.82, 2.24) is 5.32 Å². The second-order valence-corrected chi connectivity index (χ2v) is 5.24. The maximum absolute atomic E-state index is 11.6. The van der Waals surface area contributed by atoms with Gasteiger partial charge in [0.1, 0.15) is 0 Å². The Labute approximate surface area is 92.8 Å². The standard InChI is InChI=1S/C12H24N2O/c1-4-5-12(6-7-12)8-14-11(15)10(13)9(2)3/h9-10H,4-8,13H2,1-3H3,(H,14,15)/t10-/m1/s1. The van der Waals surface area contributed by atoms with Gasteiger partial charge in [-0.15, -0.1) is 0 Å². The third kappa shape index (κ3) is 3.49. The normalized spacial score (nSPS) is 20.1. The van der Waals surface area contributed by atoms with E-state index in [9.17, 15) is 4.79 Å². The number of amides is 1. The van der Waals surface area contributed by atoms with Crippen LogP contribution in [0.1, 0.15) is 46.5 Å². The minimum absolute atomic E-state index is 0.00683. The van der Waals surface area contributed by atoms with Crippen molar-refractivity contribution in [2.24, 2.45) is 17.1 Å². The lowest BCUT2D eigenvalue weighted by atomic mass is 10.00. The van der Waals surface area contributed by atoms with E-state index in [-0.39, 0.29) is 17.9 Å². The van der Waals surface area contributed by atoms with Crippen molar-refractivity contribution < 1.29 is 4.79 Å². The molecule has 1 aliphatic carbocycles. The summed E-state index contributed by atoms with van der Waals surface area (Å²) in [5, 5.41) is 2.99. The summed E-state index contributed by atoms with van der Waals surface area (Å²) in [6.45, 7) is 6.97. The molecule has 3 nitrogen and oxygen atoms in total. The predicted octanol–water partition coefficient (Wildman–Crippen LogP) is 1.67. The van der Waals surface area contributed by atoms with Gasteiger partial charge in [-0.3, -0.25) is 4.79 Å². The lowest BCUT2D eigenvalue weighted by Gasteiger charge is -2.19. The highest BCUT2D eigenvalue weighted by Crippen LogP contribution is 2.48. The van der Waals surface area contributed by atoms with Gasteiger partial charge in [-0.25, -0.2) is 0 Å². The van der Waals surface area contributed by atoms with Crippen molar-refractivity contribution in [2.75, 3.05) is 6.54 Å². The number of rotatable bonds is 6. The minimum atomic E-state index is -0.359. The maximum Gasteiger partial charge on any atom is 0.237 e. The van der Waals surface area contributed by atoms with Crippen LogP contribution in [0.15, 0.2) is 0 Å². The van der Waals surface area contributed by atoms with Gasteiger partial charge in [0.2, 0.25) is 5.91 Å². The Hall–Kier alpha value is -0.570. The molecule has 15 heavy (non-hydrogen) atoms. The summed E-state index contributed by atoms with van der Waals surface area (Å²) in [7, 11) is 0. The third-order valence-electron chi connectivity index (χ3n) is 3.40. The summed E-state index contributed by atoms with van der Waals surface area (Å²) in [6.07, 6.45) is 4.95. The van der Waals surface area contributed by atoms with Crippen LogP contribution in [0.5, 0.6) is 0 Å². The molecule has 1 rings (SSSR count). The third-order valence-corrected chi connectivity index (χ3v) is 3.40. The van der Waals surface area contributed by atoms with Gasteiger partial charge in [-0.1, -0.05) is 27.2 Å². The Bertz CT molecular complexity index is 222. The highest BCUT2D eigenvalue weighted by Gasteiger charge is 2.41. The topological polar surface area (TPSA) is 55.1 Å². The Morgan fingerprint density at radius 3 is 2.47 bits per heavy atom. The zero-order valence-electron chi connectivity index (χ0n) is 10.2. The SMILES string of the molecule is CCCC1(CNC(=O)[C@H](N)C(C)C)CC1. The number of hydrogen-bond acceptors (Lipinski definition) is 2. The number of carbonyl (C=O) groups is 1. The van der Waals surface area contributed by atoms with Crippen LogP contribution >= 0.6 is 0 Å². The zero-order valence-corrected chi connectivity index (χ0v) is 10.2. The van der Waals surface area contributed by atoms with Crippen molar-refractivity contribution in [2.45, 2.75) is 52.5 Å². The lowest BCUT2D eigenvalue weighted by molar-refractivity contribution is -0.123. The molecule has 0 aromatic rings. The van der Waals surface area contributed by atoms with Crippen molar-refractivity contribution >= 4 is 5.91 Å². The van der Waals surface area contributed by atoms with E-state index in [4.69, 9.17) is 5.73 Å². The van der Waals surface area contributed by atoms with E-state index in [1.54, 1.807) is 0 Å². The fourth-order valence-corrected chi connectivity index (χ4v) is 1.92. The van der Waals surface area contributed by atoms with Crippen molar-refractivity contribution in [1.29, 1.82) is 0 Å². The monoisotopic (exact) mass is 212 g/mol. The van der Waals surface area contributed by atoms with Gasteiger partial charge in [-0.2, -0.15) is 0 Å². The van der Waals surface area contributed by atoms with E-state index < -0.39 is 0 Å². The first-order valence-electron chi connectivity index (χ1n) is 6.04. The van der Waals surface area contributed by atoms with Crippen LogP contribution in [0.2, 0.25) is 0 Å². The van der Waals surface area contributed by atoms with Gasteiger partial charge in [0.25, 0.3) is 0 Å². The van der Waals surface area contributed by atoms with E-state index in [0.717, 1.165) is 6.54 Å². The van der Waals surface area contributed by atoms with E-state index >= 15 is 0 Å². The Morgan fingerprint density at radius 1 is 1.47 bits per heavy atom. The zero-order chi connectivity index (χ0) is 11.5. The Balaban J connectivity index is 2.28. The van der Waals surface area contributed by atoms with Crippen LogP contribution < -0.4 is 11.1 Å². The Kier molecular flexibility index (Phi) is 4.14. The second kappa shape index (κ2) is 4.97. The molecule has 3 N–H and O–H groups in total. The largest absolute Gasteiger partial charge is 0.354 e. The fourth-order valence-electron chi connectivity index (χ4n) is 1.92. The molecule has 0 aromatic carbocycles. The van der Waals surface area contributed by atoms with Crippen LogP contribution in [0.25, 0.3) is 0 Å². The van der Waals surface area contributed by atoms with Gasteiger partial charge < -0.3 is 11.1 Å². The van der Waals surface area contributed by atoms with Gasteiger partial charge >= 0.3 is 0 Å². The number of hydrogen-bond donors (Lipinski definition) is 2. The number of nitrogens with two attached hydrogens (primary N) is 1. The van der Waals surface area contributed by atoms with E-state index in [1.807, 2.05) is 13.8 Å². The molecule has 0 bridgehead atoms. The first kappa shape index (κ1) is 12.5. The van der Waals surface area contributed by atoms with Crippen molar-refractivity contribution in [3.05, 3.63) is 0 Å². The molecule has 0 saturated heterocycles. The summed E-state index contributed by atoms with van der Waals surface area (Å²) in [5.74, 6) is 0.221. The first-order chi connectivity index (χ1) is 7.01. The van der Waals surface area contributed by atoms with Gasteiger partial charge in [0.15, 0.2) is 0 Å². The molecular weight excluding hydrogens is 188 g/mol. The van der Waals surface area contributed by atoms with Crippen molar-refractivity contribution in [3.8, 4) is 0 Å². The molecule has 0 unspecified atom stereocenters. The number of carbonyl (C=O) groups excluding carboxylic acids is 1. The van der Waals surface area contributed by atoms with E-state index in [0.29, 0.717) is 5.41 Å². The molecule has 0 aromatic heterocycles. The van der Waals surface area contributed by atoms with Crippen molar-refractivity contribution in [3.63, 3.8) is 0 Å². The summed E-state index contributed by atoms with van der Waals surface area (Å²) >= 11 is 0. The quantitative estimate of drug-likeness (QED) is 0.703. The Morgan fingerprint density at radius 2 is 2.07 bits per heavy atom. The summed E-state index contributed by atoms with van der Waals surface area (Å²) in [5.41, 5.74) is 6.19. The first-order valence-corrected chi connectivity index (χ1v) is 6.04. The van der Waals surface area contributed by atoms with Crippen LogP contribution in [0, 0.1) is 11.3 Å². The molecule has 3 heteroatoms. The maximum atomic E-state index is 11.6. The summed E-state index contributed by atoms with van der Waals surface area (Å²) < 4.78 is 0. The second-order valence-electron chi connectivity index (χ2n) is 5.24. The highest BCUT2D eigenvalue weighted by molar-refractivity contribution is 5.81. The molecule has 0 aliphatic heterocycles. The lowest BCUT2D eigenvalue weighted by Crippen LogP contribution is -2.45. The van der Waals surface area contributed by atoms with Crippen LogP contribution in [-0.4, -0.2) is 18.5 Å². The molecule has 0 heterocycles. The van der Waals surface area contributed by atoms with Crippen LogP contribution in [0.3, 0.4) is 0 Å². The van der Waals surface area contributed by atoms with Gasteiger partial charge in [-0.05, 0) is 30.6 Å². The molecule has 1 fully saturated rings. The fraction of sp³-hybridized carbons (Fsp3) is 0.917. The molecule has 1 saturated carbocycles. The van der Waals surface area contributed by atoms with Crippen LogP contribution in [0.4, 0.5) is 0 Å². The molecule has 1 aliphatic rings.